The zero-order valence-corrected chi connectivity index (χ0v) is 15.0. The van der Waals surface area contributed by atoms with Crippen LogP contribution >= 0.6 is 0 Å². The van der Waals surface area contributed by atoms with Gasteiger partial charge in [0.05, 0.1) is 18.3 Å². The Bertz CT molecular complexity index is 762. The highest BCUT2D eigenvalue weighted by molar-refractivity contribution is 5.87. The summed E-state index contributed by atoms with van der Waals surface area (Å²) in [5, 5.41) is 8.26. The minimum Gasteiger partial charge on any atom is -0.345 e. The van der Waals surface area contributed by atoms with Crippen molar-refractivity contribution in [1.29, 1.82) is 0 Å². The van der Waals surface area contributed by atoms with Gasteiger partial charge in [0.25, 0.3) is 0 Å². The lowest BCUT2D eigenvalue weighted by atomic mass is 10.1. The van der Waals surface area contributed by atoms with Gasteiger partial charge in [0.15, 0.2) is 0 Å². The number of hydrogen-bond acceptors (Lipinski definition) is 3. The van der Waals surface area contributed by atoms with Gasteiger partial charge in [-0.3, -0.25) is 14.3 Å². The number of carbonyl (C=O) groups is 2. The Balaban J connectivity index is 1.52. The van der Waals surface area contributed by atoms with Gasteiger partial charge < -0.3 is 10.2 Å². The number of likely N-dealkylation sites (tertiary alicyclic amines) is 1. The molecule has 1 fully saturated rings. The maximum absolute atomic E-state index is 12.4. The van der Waals surface area contributed by atoms with E-state index in [0.717, 1.165) is 36.8 Å². The summed E-state index contributed by atoms with van der Waals surface area (Å²) < 4.78 is 1.84. The first-order valence-corrected chi connectivity index (χ1v) is 9.05. The summed E-state index contributed by atoms with van der Waals surface area (Å²) in [6.45, 7) is 5.92. The van der Waals surface area contributed by atoms with Gasteiger partial charge in [0.2, 0.25) is 11.8 Å². The summed E-state index contributed by atoms with van der Waals surface area (Å²) in [5.41, 5.74) is 2.21. The molecule has 6 nitrogen and oxygen atoms in total. The third-order valence-electron chi connectivity index (χ3n) is 4.76. The van der Waals surface area contributed by atoms with Crippen LogP contribution in [0.25, 0.3) is 10.9 Å². The molecule has 2 aromatic rings. The normalized spacial score (nSPS) is 16.0. The third kappa shape index (κ3) is 4.18. The maximum atomic E-state index is 12.4. The Hall–Kier alpha value is -2.37. The van der Waals surface area contributed by atoms with E-state index in [1.165, 1.54) is 12.0 Å². The van der Waals surface area contributed by atoms with Crippen LogP contribution in [0.1, 0.15) is 38.2 Å². The predicted octanol–water partition coefficient (Wildman–Crippen LogP) is 2.25. The first-order chi connectivity index (χ1) is 12.0. The molecule has 2 amide bonds. The number of fused-ring (bicyclic) bond motifs is 1. The SMILES string of the molecule is Cc1ccc2c(cnn2CCC(=O)N[C@H](C)C(=O)N2CCCCC2)c1. The smallest absolute Gasteiger partial charge is 0.244 e. The average Bonchev–Trinajstić information content (AvgIpc) is 3.02. The molecule has 0 aliphatic carbocycles. The number of rotatable bonds is 5. The van der Waals surface area contributed by atoms with E-state index in [2.05, 4.69) is 16.5 Å². The lowest BCUT2D eigenvalue weighted by Crippen LogP contribution is -2.48. The molecule has 25 heavy (non-hydrogen) atoms. The van der Waals surface area contributed by atoms with Crippen molar-refractivity contribution in [3.63, 3.8) is 0 Å². The Morgan fingerprint density at radius 3 is 2.76 bits per heavy atom. The fourth-order valence-electron chi connectivity index (χ4n) is 3.36. The summed E-state index contributed by atoms with van der Waals surface area (Å²) in [6.07, 6.45) is 5.42. The van der Waals surface area contributed by atoms with Crippen molar-refractivity contribution < 1.29 is 9.59 Å². The number of hydrogen-bond donors (Lipinski definition) is 1. The van der Waals surface area contributed by atoms with Crippen molar-refractivity contribution in [3.8, 4) is 0 Å². The number of aryl methyl sites for hydroxylation is 2. The van der Waals surface area contributed by atoms with Gasteiger partial charge in [-0.2, -0.15) is 5.10 Å². The quantitative estimate of drug-likeness (QED) is 0.906. The van der Waals surface area contributed by atoms with Crippen LogP contribution in [0.3, 0.4) is 0 Å². The second kappa shape index (κ2) is 7.68. The van der Waals surface area contributed by atoms with Crippen LogP contribution in [0, 0.1) is 6.92 Å². The Morgan fingerprint density at radius 2 is 2.00 bits per heavy atom. The van der Waals surface area contributed by atoms with E-state index >= 15 is 0 Å². The van der Waals surface area contributed by atoms with Gasteiger partial charge in [-0.1, -0.05) is 11.6 Å². The zero-order chi connectivity index (χ0) is 17.8. The minimum atomic E-state index is -0.470. The predicted molar refractivity (Wildman–Crippen MR) is 97.1 cm³/mol. The molecule has 0 radical (unpaired) electrons. The zero-order valence-electron chi connectivity index (χ0n) is 15.0. The van der Waals surface area contributed by atoms with Gasteiger partial charge in [0, 0.05) is 24.9 Å². The van der Waals surface area contributed by atoms with Crippen molar-refractivity contribution in [2.24, 2.45) is 0 Å². The van der Waals surface area contributed by atoms with E-state index in [1.807, 2.05) is 34.8 Å². The first kappa shape index (κ1) is 17.5. The van der Waals surface area contributed by atoms with Gasteiger partial charge in [-0.05, 0) is 45.2 Å². The molecule has 1 atom stereocenters. The molecule has 1 saturated heterocycles. The molecule has 2 heterocycles. The molecule has 1 aromatic carbocycles. The molecule has 1 aromatic heterocycles. The Kier molecular flexibility index (Phi) is 5.36. The van der Waals surface area contributed by atoms with Crippen molar-refractivity contribution in [2.45, 2.75) is 52.1 Å². The lowest BCUT2D eigenvalue weighted by Gasteiger charge is -2.29. The summed E-state index contributed by atoms with van der Waals surface area (Å²) in [7, 11) is 0. The monoisotopic (exact) mass is 342 g/mol. The van der Waals surface area contributed by atoms with E-state index in [9.17, 15) is 9.59 Å². The number of nitrogens with one attached hydrogen (secondary N) is 1. The number of benzene rings is 1. The van der Waals surface area contributed by atoms with Crippen LogP contribution in [-0.4, -0.2) is 45.6 Å². The fourth-order valence-corrected chi connectivity index (χ4v) is 3.36. The number of carbonyl (C=O) groups excluding carboxylic acids is 2. The van der Waals surface area contributed by atoms with E-state index < -0.39 is 6.04 Å². The Morgan fingerprint density at radius 1 is 1.24 bits per heavy atom. The molecule has 1 N–H and O–H groups in total. The van der Waals surface area contributed by atoms with E-state index in [1.54, 1.807) is 6.92 Å². The van der Waals surface area contributed by atoms with E-state index in [4.69, 9.17) is 0 Å². The van der Waals surface area contributed by atoms with Crippen LogP contribution in [0.2, 0.25) is 0 Å². The molecule has 1 aliphatic rings. The molecule has 134 valence electrons. The van der Waals surface area contributed by atoms with E-state index in [0.29, 0.717) is 13.0 Å². The summed E-state index contributed by atoms with van der Waals surface area (Å²) in [4.78, 5) is 26.4. The molecule has 0 saturated carbocycles. The standard InChI is InChI=1S/C19H26N4O2/c1-14-6-7-17-16(12-14)13-20-23(17)11-8-18(24)21-15(2)19(25)22-9-4-3-5-10-22/h6-7,12-13,15H,3-5,8-11H2,1-2H3,(H,21,24)/t15-/m1/s1. The number of nitrogens with zero attached hydrogens (tertiary/aromatic N) is 3. The number of amides is 2. The molecule has 0 spiro atoms. The Labute approximate surface area is 148 Å². The largest absolute Gasteiger partial charge is 0.345 e. The molecular formula is C19H26N4O2. The van der Waals surface area contributed by atoms with Crippen LogP contribution in [-0.2, 0) is 16.1 Å². The van der Waals surface area contributed by atoms with Crippen LogP contribution in [0.15, 0.2) is 24.4 Å². The highest BCUT2D eigenvalue weighted by Gasteiger charge is 2.23. The minimum absolute atomic E-state index is 0.0214. The molecule has 6 heteroatoms. The molecule has 1 aliphatic heterocycles. The van der Waals surface area contributed by atoms with Crippen molar-refractivity contribution in [3.05, 3.63) is 30.0 Å². The molecular weight excluding hydrogens is 316 g/mol. The summed E-state index contributed by atoms with van der Waals surface area (Å²) in [6, 6.07) is 5.68. The van der Waals surface area contributed by atoms with Crippen molar-refractivity contribution in [2.75, 3.05) is 13.1 Å². The van der Waals surface area contributed by atoms with Gasteiger partial charge in [0.1, 0.15) is 6.04 Å². The van der Waals surface area contributed by atoms with Crippen LogP contribution < -0.4 is 5.32 Å². The van der Waals surface area contributed by atoms with Crippen molar-refractivity contribution >= 4 is 22.7 Å². The highest BCUT2D eigenvalue weighted by Crippen LogP contribution is 2.15. The highest BCUT2D eigenvalue weighted by atomic mass is 16.2. The summed E-state index contributed by atoms with van der Waals surface area (Å²) in [5.74, 6) is -0.0957. The van der Waals surface area contributed by atoms with Crippen LogP contribution in [0.4, 0.5) is 0 Å². The van der Waals surface area contributed by atoms with Crippen LogP contribution in [0.5, 0.6) is 0 Å². The van der Waals surface area contributed by atoms with Gasteiger partial charge in [-0.15, -0.1) is 0 Å². The third-order valence-corrected chi connectivity index (χ3v) is 4.76. The second-order valence-corrected chi connectivity index (χ2v) is 6.86. The second-order valence-electron chi connectivity index (χ2n) is 6.86. The molecule has 3 rings (SSSR count). The average molecular weight is 342 g/mol. The van der Waals surface area contributed by atoms with E-state index in [-0.39, 0.29) is 11.8 Å². The summed E-state index contributed by atoms with van der Waals surface area (Å²) >= 11 is 0. The molecule has 0 bridgehead atoms. The van der Waals surface area contributed by atoms with Crippen molar-refractivity contribution in [1.82, 2.24) is 20.0 Å². The first-order valence-electron chi connectivity index (χ1n) is 9.05. The number of aromatic nitrogens is 2. The lowest BCUT2D eigenvalue weighted by molar-refractivity contribution is -0.136. The maximum Gasteiger partial charge on any atom is 0.244 e. The topological polar surface area (TPSA) is 67.2 Å². The van der Waals surface area contributed by atoms with Gasteiger partial charge >= 0.3 is 0 Å². The number of piperidine rings is 1. The molecule has 0 unspecified atom stereocenters. The van der Waals surface area contributed by atoms with Gasteiger partial charge in [-0.25, -0.2) is 0 Å². The fraction of sp³-hybridized carbons (Fsp3) is 0.526.